The van der Waals surface area contributed by atoms with Crippen molar-refractivity contribution in [3.8, 4) is 5.75 Å². The molecule has 1 saturated carbocycles. The molecule has 19 heavy (non-hydrogen) atoms. The lowest BCUT2D eigenvalue weighted by molar-refractivity contribution is 0.193. The number of phenolic OH excluding ortho intramolecular Hbond substituents is 1. The predicted molar refractivity (Wildman–Crippen MR) is 69.7 cm³/mol. The van der Waals surface area contributed by atoms with Gasteiger partial charge in [-0.2, -0.15) is 0 Å². The Morgan fingerprint density at radius 3 is 2.95 bits per heavy atom. The molecule has 1 aliphatic rings. The smallest absolute Gasteiger partial charge is 0.329 e. The highest BCUT2D eigenvalue weighted by Crippen LogP contribution is 2.29. The average Bonchev–Trinajstić information content (AvgIpc) is 3.09. The number of phenols is 1. The number of amides is 1. The summed E-state index contributed by atoms with van der Waals surface area (Å²) >= 11 is 0. The Bertz CT molecular complexity index is 576. The number of carbonyl (C=O) groups excluding carboxylic acids is 1. The van der Waals surface area contributed by atoms with Crippen molar-refractivity contribution >= 4 is 6.03 Å². The Morgan fingerprint density at radius 2 is 2.32 bits per heavy atom. The third-order valence-electron chi connectivity index (χ3n) is 3.22. The third-order valence-corrected chi connectivity index (χ3v) is 3.22. The van der Waals surface area contributed by atoms with E-state index in [0.717, 1.165) is 18.4 Å². The maximum Gasteiger partial charge on any atom is 0.329 e. The summed E-state index contributed by atoms with van der Waals surface area (Å²) in [6.45, 7) is 0.510. The van der Waals surface area contributed by atoms with E-state index in [1.807, 2.05) is 11.0 Å². The van der Waals surface area contributed by atoms with E-state index in [1.165, 1.54) is 10.9 Å². The van der Waals surface area contributed by atoms with Crippen molar-refractivity contribution in [3.05, 3.63) is 48.5 Å². The van der Waals surface area contributed by atoms with Crippen molar-refractivity contribution in [2.45, 2.75) is 25.4 Å². The zero-order chi connectivity index (χ0) is 13.2. The first-order valence-electron chi connectivity index (χ1n) is 6.31. The molecule has 0 unspecified atom stereocenters. The minimum absolute atomic E-state index is 0.0663. The Hall–Kier alpha value is -2.30. The topological polar surface area (TPSA) is 58.4 Å². The fourth-order valence-electron chi connectivity index (χ4n) is 2.11. The molecule has 5 nitrogen and oxygen atoms in total. The molecule has 98 valence electrons. The number of hydrogen-bond donors (Lipinski definition) is 1. The molecule has 1 fully saturated rings. The summed E-state index contributed by atoms with van der Waals surface area (Å²) in [5.41, 5.74) is 0.931. The van der Waals surface area contributed by atoms with Gasteiger partial charge in [0.2, 0.25) is 0 Å². The average molecular weight is 257 g/mol. The zero-order valence-corrected chi connectivity index (χ0v) is 10.4. The Labute approximate surface area is 111 Å². The summed E-state index contributed by atoms with van der Waals surface area (Å²) in [6, 6.07) is 7.26. The number of hydrogen-bond acceptors (Lipinski definition) is 3. The minimum Gasteiger partial charge on any atom is -0.508 e. The standard InChI is InChI=1S/C14H15N3O2/c18-13-3-1-2-11(8-13)9-17(12-4-5-12)14(19)16-7-6-15-10-16/h1-3,6-8,10,12,18H,4-5,9H2. The van der Waals surface area contributed by atoms with E-state index < -0.39 is 0 Å². The van der Waals surface area contributed by atoms with E-state index in [9.17, 15) is 9.90 Å². The molecule has 1 amide bonds. The lowest BCUT2D eigenvalue weighted by atomic mass is 10.2. The molecule has 0 atom stereocenters. The zero-order valence-electron chi connectivity index (χ0n) is 10.4. The quantitative estimate of drug-likeness (QED) is 0.917. The maximum atomic E-state index is 12.4. The van der Waals surface area contributed by atoms with Crippen LogP contribution in [0, 0.1) is 0 Å². The van der Waals surface area contributed by atoms with Crippen LogP contribution in [0.15, 0.2) is 43.0 Å². The molecule has 0 spiro atoms. The van der Waals surface area contributed by atoms with Gasteiger partial charge in [-0.1, -0.05) is 12.1 Å². The summed E-state index contributed by atoms with van der Waals surface area (Å²) in [6.07, 6.45) is 6.84. The van der Waals surface area contributed by atoms with Crippen molar-refractivity contribution in [1.29, 1.82) is 0 Å². The monoisotopic (exact) mass is 257 g/mol. The molecule has 0 radical (unpaired) electrons. The number of carbonyl (C=O) groups is 1. The summed E-state index contributed by atoms with van der Waals surface area (Å²) in [4.78, 5) is 18.1. The van der Waals surface area contributed by atoms with Crippen LogP contribution in [0.25, 0.3) is 0 Å². The second-order valence-corrected chi connectivity index (χ2v) is 4.78. The van der Waals surface area contributed by atoms with Crippen LogP contribution in [0.5, 0.6) is 5.75 Å². The van der Waals surface area contributed by atoms with Gasteiger partial charge in [-0.25, -0.2) is 9.78 Å². The van der Waals surface area contributed by atoms with Gasteiger partial charge >= 0.3 is 6.03 Å². The van der Waals surface area contributed by atoms with E-state index in [-0.39, 0.29) is 11.8 Å². The normalized spacial score (nSPS) is 14.3. The largest absolute Gasteiger partial charge is 0.508 e. The van der Waals surface area contributed by atoms with Crippen LogP contribution < -0.4 is 0 Å². The lowest BCUT2D eigenvalue weighted by Gasteiger charge is -2.22. The minimum atomic E-state index is -0.0663. The van der Waals surface area contributed by atoms with Crippen LogP contribution >= 0.6 is 0 Å². The van der Waals surface area contributed by atoms with Gasteiger partial charge in [0.15, 0.2) is 0 Å². The number of benzene rings is 1. The number of aromatic hydroxyl groups is 1. The van der Waals surface area contributed by atoms with Gasteiger partial charge in [0.25, 0.3) is 0 Å². The molecule has 1 aromatic heterocycles. The van der Waals surface area contributed by atoms with Gasteiger partial charge in [0, 0.05) is 25.0 Å². The van der Waals surface area contributed by atoms with Gasteiger partial charge < -0.3 is 10.0 Å². The highest BCUT2D eigenvalue weighted by atomic mass is 16.3. The van der Waals surface area contributed by atoms with E-state index in [1.54, 1.807) is 30.6 Å². The Morgan fingerprint density at radius 1 is 1.47 bits per heavy atom. The molecule has 3 rings (SSSR count). The van der Waals surface area contributed by atoms with Crippen LogP contribution in [0.1, 0.15) is 18.4 Å². The highest BCUT2D eigenvalue weighted by molar-refractivity contribution is 5.77. The second-order valence-electron chi connectivity index (χ2n) is 4.78. The molecular weight excluding hydrogens is 242 g/mol. The van der Waals surface area contributed by atoms with Crippen molar-refractivity contribution in [3.63, 3.8) is 0 Å². The number of aromatic nitrogens is 2. The van der Waals surface area contributed by atoms with Crippen molar-refractivity contribution < 1.29 is 9.90 Å². The molecule has 0 bridgehead atoms. The summed E-state index contributed by atoms with van der Waals surface area (Å²) in [5, 5.41) is 9.48. The van der Waals surface area contributed by atoms with Crippen LogP contribution in [-0.4, -0.2) is 31.6 Å². The Balaban J connectivity index is 1.80. The van der Waals surface area contributed by atoms with Crippen LogP contribution in [-0.2, 0) is 6.54 Å². The third kappa shape index (κ3) is 2.59. The lowest BCUT2D eigenvalue weighted by Crippen LogP contribution is -2.35. The molecule has 2 aromatic rings. The van der Waals surface area contributed by atoms with Crippen LogP contribution in [0.4, 0.5) is 4.79 Å². The predicted octanol–water partition coefficient (Wildman–Crippen LogP) is 2.22. The first-order chi connectivity index (χ1) is 9.24. The van der Waals surface area contributed by atoms with E-state index in [0.29, 0.717) is 12.6 Å². The van der Waals surface area contributed by atoms with E-state index >= 15 is 0 Å². The molecule has 5 heteroatoms. The highest BCUT2D eigenvalue weighted by Gasteiger charge is 2.33. The fraction of sp³-hybridized carbons (Fsp3) is 0.286. The molecule has 0 aliphatic heterocycles. The van der Waals surface area contributed by atoms with Gasteiger partial charge in [-0.3, -0.25) is 4.57 Å². The number of nitrogens with zero attached hydrogens (tertiary/aromatic N) is 3. The number of rotatable bonds is 3. The van der Waals surface area contributed by atoms with Crippen LogP contribution in [0.2, 0.25) is 0 Å². The van der Waals surface area contributed by atoms with E-state index in [2.05, 4.69) is 4.98 Å². The molecule has 0 saturated heterocycles. The maximum absolute atomic E-state index is 12.4. The number of imidazole rings is 1. The van der Waals surface area contributed by atoms with Crippen molar-refractivity contribution in [2.75, 3.05) is 0 Å². The molecule has 1 aromatic carbocycles. The SMILES string of the molecule is O=C(N(Cc1cccc(O)c1)C1CC1)n1ccnc1. The fourth-order valence-corrected chi connectivity index (χ4v) is 2.11. The van der Waals surface area contributed by atoms with Crippen molar-refractivity contribution in [1.82, 2.24) is 14.5 Å². The molecular formula is C14H15N3O2. The van der Waals surface area contributed by atoms with Crippen LogP contribution in [0.3, 0.4) is 0 Å². The van der Waals surface area contributed by atoms with Gasteiger partial charge in [-0.05, 0) is 30.5 Å². The molecule has 1 N–H and O–H groups in total. The van der Waals surface area contributed by atoms with E-state index in [4.69, 9.17) is 0 Å². The summed E-state index contributed by atoms with van der Waals surface area (Å²) < 4.78 is 1.49. The van der Waals surface area contributed by atoms with Crippen molar-refractivity contribution in [2.24, 2.45) is 0 Å². The first kappa shape index (κ1) is 11.8. The Kier molecular flexibility index (Phi) is 2.95. The first-order valence-corrected chi connectivity index (χ1v) is 6.31. The summed E-state index contributed by atoms with van der Waals surface area (Å²) in [5.74, 6) is 0.225. The second kappa shape index (κ2) is 4.76. The van der Waals surface area contributed by atoms with Gasteiger partial charge in [0.05, 0.1) is 0 Å². The molecule has 1 heterocycles. The van der Waals surface area contributed by atoms with Gasteiger partial charge in [0.1, 0.15) is 12.1 Å². The molecule has 1 aliphatic carbocycles. The van der Waals surface area contributed by atoms with Gasteiger partial charge in [-0.15, -0.1) is 0 Å². The summed E-state index contributed by atoms with van der Waals surface area (Å²) in [7, 11) is 0.